The molecule has 0 unspecified atom stereocenters. The molecule has 0 aliphatic rings. The fourth-order valence-corrected chi connectivity index (χ4v) is 2.12. The molecule has 5 nitrogen and oxygen atoms in total. The van der Waals surface area contributed by atoms with Crippen molar-refractivity contribution < 1.29 is 14.3 Å². The number of ether oxygens (including phenoxy) is 2. The van der Waals surface area contributed by atoms with E-state index in [1.807, 2.05) is 19.1 Å². The molecule has 1 N–H and O–H groups in total. The number of rotatable bonds is 5. The van der Waals surface area contributed by atoms with Crippen LogP contribution in [0.3, 0.4) is 0 Å². The van der Waals surface area contributed by atoms with Crippen molar-refractivity contribution in [2.24, 2.45) is 0 Å². The van der Waals surface area contributed by atoms with Gasteiger partial charge in [-0.15, -0.1) is 0 Å². The molecule has 0 saturated carbocycles. The third-order valence-corrected chi connectivity index (χ3v) is 3.15. The summed E-state index contributed by atoms with van der Waals surface area (Å²) < 4.78 is 11.1. The number of carbonyl (C=O) groups is 1. The van der Waals surface area contributed by atoms with E-state index in [-0.39, 0.29) is 6.03 Å². The first-order valence-corrected chi connectivity index (χ1v) is 6.64. The van der Waals surface area contributed by atoms with Gasteiger partial charge >= 0.3 is 6.03 Å². The van der Waals surface area contributed by atoms with Gasteiger partial charge in [0.05, 0.1) is 19.4 Å². The van der Waals surface area contributed by atoms with Gasteiger partial charge in [-0.1, -0.05) is 15.9 Å². The monoisotopic (exact) mass is 330 g/mol. The second kappa shape index (κ2) is 7.35. The highest BCUT2D eigenvalue weighted by atomic mass is 79.9. The Morgan fingerprint density at radius 3 is 2.68 bits per heavy atom. The third kappa shape index (κ3) is 4.40. The van der Waals surface area contributed by atoms with E-state index in [0.717, 1.165) is 10.0 Å². The highest BCUT2D eigenvalue weighted by molar-refractivity contribution is 9.10. The summed E-state index contributed by atoms with van der Waals surface area (Å²) in [5, 5.41) is 2.85. The Labute approximate surface area is 122 Å². The minimum Gasteiger partial charge on any atom is -0.495 e. The normalized spacial score (nSPS) is 10.2. The largest absolute Gasteiger partial charge is 0.495 e. The first-order valence-electron chi connectivity index (χ1n) is 5.84. The van der Waals surface area contributed by atoms with E-state index < -0.39 is 0 Å². The van der Waals surface area contributed by atoms with Gasteiger partial charge in [0, 0.05) is 25.2 Å². The number of urea groups is 1. The second-order valence-corrected chi connectivity index (χ2v) is 5.06. The quantitative estimate of drug-likeness (QED) is 0.903. The number of amides is 2. The first-order chi connectivity index (χ1) is 8.99. The van der Waals surface area contributed by atoms with Gasteiger partial charge in [0.15, 0.2) is 0 Å². The van der Waals surface area contributed by atoms with Crippen LogP contribution in [-0.4, -0.2) is 45.3 Å². The predicted octanol–water partition coefficient (Wildman–Crippen LogP) is 2.88. The molecular weight excluding hydrogens is 312 g/mol. The van der Waals surface area contributed by atoms with Crippen LogP contribution in [0.25, 0.3) is 0 Å². The molecule has 1 aromatic rings. The van der Waals surface area contributed by atoms with Crippen molar-refractivity contribution in [3.8, 4) is 5.75 Å². The third-order valence-electron chi connectivity index (χ3n) is 2.69. The van der Waals surface area contributed by atoms with E-state index >= 15 is 0 Å². The summed E-state index contributed by atoms with van der Waals surface area (Å²) in [5.41, 5.74) is 1.61. The van der Waals surface area contributed by atoms with Gasteiger partial charge in [-0.05, 0) is 24.6 Å². The molecule has 1 aromatic carbocycles. The average Bonchev–Trinajstić information content (AvgIpc) is 2.38. The maximum atomic E-state index is 12.0. The Hall–Kier alpha value is -1.27. The molecule has 0 spiro atoms. The number of benzene rings is 1. The van der Waals surface area contributed by atoms with E-state index in [1.54, 1.807) is 26.2 Å². The van der Waals surface area contributed by atoms with Crippen LogP contribution in [0.4, 0.5) is 10.5 Å². The van der Waals surface area contributed by atoms with Gasteiger partial charge < -0.3 is 19.7 Å². The predicted molar refractivity (Wildman–Crippen MR) is 79.0 cm³/mol. The maximum Gasteiger partial charge on any atom is 0.321 e. The Morgan fingerprint density at radius 2 is 2.11 bits per heavy atom. The van der Waals surface area contributed by atoms with E-state index in [1.165, 1.54) is 0 Å². The number of nitrogens with zero attached hydrogens (tertiary/aromatic N) is 1. The van der Waals surface area contributed by atoms with Crippen molar-refractivity contribution in [3.05, 3.63) is 22.2 Å². The number of aryl methyl sites for hydroxylation is 1. The van der Waals surface area contributed by atoms with E-state index in [2.05, 4.69) is 21.2 Å². The highest BCUT2D eigenvalue weighted by Crippen LogP contribution is 2.32. The van der Waals surface area contributed by atoms with Gasteiger partial charge in [0.25, 0.3) is 0 Å². The maximum absolute atomic E-state index is 12.0. The summed E-state index contributed by atoms with van der Waals surface area (Å²) in [6.07, 6.45) is 0. The number of hydrogen-bond donors (Lipinski definition) is 1. The minimum atomic E-state index is -0.194. The van der Waals surface area contributed by atoms with Crippen molar-refractivity contribution in [2.45, 2.75) is 6.92 Å². The van der Waals surface area contributed by atoms with Crippen LogP contribution < -0.4 is 10.1 Å². The number of likely N-dealkylation sites (N-methyl/N-ethyl adjacent to an activating group) is 1. The van der Waals surface area contributed by atoms with E-state index in [0.29, 0.717) is 24.6 Å². The summed E-state index contributed by atoms with van der Waals surface area (Å²) in [7, 11) is 4.90. The lowest BCUT2D eigenvalue weighted by atomic mass is 10.2. The number of nitrogens with one attached hydrogen (secondary N) is 1. The molecule has 0 aliphatic carbocycles. The fraction of sp³-hybridized carbons (Fsp3) is 0.462. The van der Waals surface area contributed by atoms with E-state index in [4.69, 9.17) is 9.47 Å². The van der Waals surface area contributed by atoms with E-state index in [9.17, 15) is 4.79 Å². The zero-order valence-corrected chi connectivity index (χ0v) is 13.2. The van der Waals surface area contributed by atoms with Crippen molar-refractivity contribution >= 4 is 27.6 Å². The summed E-state index contributed by atoms with van der Waals surface area (Å²) in [6.45, 7) is 2.94. The standard InChI is InChI=1S/C13H19BrN2O3/c1-9-7-10(14)8-11(19-4)12(9)15-13(17)16(2)5-6-18-3/h7-8H,5-6H2,1-4H3,(H,15,17). The molecule has 19 heavy (non-hydrogen) atoms. The van der Waals surface area contributed by atoms with Gasteiger partial charge in [-0.25, -0.2) is 4.79 Å². The molecule has 0 atom stereocenters. The van der Waals surface area contributed by atoms with Crippen molar-refractivity contribution in [1.82, 2.24) is 4.90 Å². The SMILES string of the molecule is COCCN(C)C(=O)Nc1c(C)cc(Br)cc1OC. The lowest BCUT2D eigenvalue weighted by Gasteiger charge is -2.20. The van der Waals surface area contributed by atoms with Crippen LogP contribution >= 0.6 is 15.9 Å². The van der Waals surface area contributed by atoms with Crippen molar-refractivity contribution in [3.63, 3.8) is 0 Å². The van der Waals surface area contributed by atoms with Crippen LogP contribution in [-0.2, 0) is 4.74 Å². The Bertz CT molecular complexity index is 452. The molecule has 0 bridgehead atoms. The molecule has 0 heterocycles. The number of hydrogen-bond acceptors (Lipinski definition) is 3. The van der Waals surface area contributed by atoms with Crippen LogP contribution in [0, 0.1) is 6.92 Å². The summed E-state index contributed by atoms with van der Waals surface area (Å²) in [5.74, 6) is 0.625. The molecule has 1 rings (SSSR count). The lowest BCUT2D eigenvalue weighted by molar-refractivity contribution is 0.165. The fourth-order valence-electron chi connectivity index (χ4n) is 1.57. The molecule has 0 aliphatic heterocycles. The number of methoxy groups -OCH3 is 2. The molecule has 0 saturated heterocycles. The lowest BCUT2D eigenvalue weighted by Crippen LogP contribution is -2.34. The molecule has 0 aromatic heterocycles. The minimum absolute atomic E-state index is 0.194. The van der Waals surface area contributed by atoms with Crippen molar-refractivity contribution in [2.75, 3.05) is 39.7 Å². The second-order valence-electron chi connectivity index (χ2n) is 4.14. The smallest absolute Gasteiger partial charge is 0.321 e. The Morgan fingerprint density at radius 1 is 1.42 bits per heavy atom. The van der Waals surface area contributed by atoms with Gasteiger partial charge in [0.1, 0.15) is 5.75 Å². The van der Waals surface area contributed by atoms with Crippen LogP contribution in [0.1, 0.15) is 5.56 Å². The summed E-state index contributed by atoms with van der Waals surface area (Å²) in [6, 6.07) is 3.55. The number of carbonyl (C=O) groups excluding carboxylic acids is 1. The Balaban J connectivity index is 2.84. The first kappa shape index (κ1) is 15.8. The van der Waals surface area contributed by atoms with Gasteiger partial charge in [0.2, 0.25) is 0 Å². The molecule has 2 amide bonds. The van der Waals surface area contributed by atoms with Crippen LogP contribution in [0.2, 0.25) is 0 Å². The summed E-state index contributed by atoms with van der Waals surface area (Å²) in [4.78, 5) is 13.6. The molecule has 0 radical (unpaired) electrons. The zero-order chi connectivity index (χ0) is 14.4. The molecule has 0 fully saturated rings. The highest BCUT2D eigenvalue weighted by Gasteiger charge is 2.14. The number of anilines is 1. The Kier molecular flexibility index (Phi) is 6.11. The van der Waals surface area contributed by atoms with Gasteiger partial charge in [-0.3, -0.25) is 0 Å². The zero-order valence-electron chi connectivity index (χ0n) is 11.6. The average molecular weight is 331 g/mol. The van der Waals surface area contributed by atoms with Crippen LogP contribution in [0.15, 0.2) is 16.6 Å². The topological polar surface area (TPSA) is 50.8 Å². The molecular formula is C13H19BrN2O3. The van der Waals surface area contributed by atoms with Crippen LogP contribution in [0.5, 0.6) is 5.75 Å². The molecule has 106 valence electrons. The van der Waals surface area contributed by atoms with Gasteiger partial charge in [-0.2, -0.15) is 0 Å². The summed E-state index contributed by atoms with van der Waals surface area (Å²) >= 11 is 3.40. The number of halogens is 1. The van der Waals surface area contributed by atoms with Crippen molar-refractivity contribution in [1.29, 1.82) is 0 Å². The molecule has 6 heteroatoms.